The summed E-state index contributed by atoms with van der Waals surface area (Å²) < 4.78 is 4.98. The highest BCUT2D eigenvalue weighted by Gasteiger charge is 2.19. The van der Waals surface area contributed by atoms with E-state index in [2.05, 4.69) is 10.5 Å². The monoisotopic (exact) mass is 295 g/mol. The van der Waals surface area contributed by atoms with Gasteiger partial charge in [0.25, 0.3) is 0 Å². The zero-order valence-corrected chi connectivity index (χ0v) is 12.9. The first kappa shape index (κ1) is 17.4. The Morgan fingerprint density at radius 3 is 2.76 bits per heavy atom. The molecule has 0 fully saturated rings. The highest BCUT2D eigenvalue weighted by molar-refractivity contribution is 5.97. The average Bonchev–Trinajstić information content (AvgIpc) is 2.46. The molecule has 1 atom stereocenters. The van der Waals surface area contributed by atoms with E-state index < -0.39 is 5.60 Å². The number of aliphatic hydroxyl groups is 1. The summed E-state index contributed by atoms with van der Waals surface area (Å²) in [6, 6.07) is 5.61. The third-order valence-corrected chi connectivity index (χ3v) is 3.41. The van der Waals surface area contributed by atoms with Gasteiger partial charge < -0.3 is 26.1 Å². The van der Waals surface area contributed by atoms with Gasteiger partial charge in [0.15, 0.2) is 5.84 Å². The van der Waals surface area contributed by atoms with Crippen molar-refractivity contribution in [1.29, 1.82) is 0 Å². The largest absolute Gasteiger partial charge is 0.409 e. The zero-order chi connectivity index (χ0) is 15.9. The molecule has 1 aromatic carbocycles. The van der Waals surface area contributed by atoms with Crippen LogP contribution in [0, 0.1) is 6.92 Å². The van der Waals surface area contributed by atoms with E-state index in [0.717, 1.165) is 11.1 Å². The van der Waals surface area contributed by atoms with Crippen LogP contribution in [0.25, 0.3) is 0 Å². The van der Waals surface area contributed by atoms with Gasteiger partial charge in [0, 0.05) is 38.8 Å². The fraction of sp³-hybridized carbons (Fsp3) is 0.533. The Morgan fingerprint density at radius 2 is 2.19 bits per heavy atom. The summed E-state index contributed by atoms with van der Waals surface area (Å²) in [6.45, 7) is 5.41. The number of nitrogens with two attached hydrogens (primary N) is 1. The second-order valence-electron chi connectivity index (χ2n) is 5.47. The van der Waals surface area contributed by atoms with E-state index in [1.54, 1.807) is 14.0 Å². The van der Waals surface area contributed by atoms with Gasteiger partial charge in [0.05, 0.1) is 5.60 Å². The molecule has 0 saturated heterocycles. The third-order valence-electron chi connectivity index (χ3n) is 3.41. The normalized spacial score (nSPS) is 15.0. The molecule has 118 valence electrons. The number of hydrogen-bond acceptors (Lipinski definition) is 5. The summed E-state index contributed by atoms with van der Waals surface area (Å²) in [6.07, 6.45) is 0.581. The van der Waals surface area contributed by atoms with Crippen LogP contribution in [0.15, 0.2) is 23.4 Å². The van der Waals surface area contributed by atoms with Crippen molar-refractivity contribution in [3.63, 3.8) is 0 Å². The number of aryl methyl sites for hydroxylation is 1. The highest BCUT2D eigenvalue weighted by Crippen LogP contribution is 2.12. The lowest BCUT2D eigenvalue weighted by Gasteiger charge is -2.23. The number of hydrogen-bond donors (Lipinski definition) is 4. The second kappa shape index (κ2) is 7.97. The Kier molecular flexibility index (Phi) is 6.61. The summed E-state index contributed by atoms with van der Waals surface area (Å²) in [5.41, 5.74) is 7.60. The van der Waals surface area contributed by atoms with E-state index in [1.165, 1.54) is 0 Å². The molecule has 0 bridgehead atoms. The lowest BCUT2D eigenvalue weighted by Crippen LogP contribution is -2.38. The molecule has 0 spiro atoms. The number of ether oxygens (including phenoxy) is 1. The topological polar surface area (TPSA) is 100 Å². The van der Waals surface area contributed by atoms with Gasteiger partial charge in [-0.1, -0.05) is 17.3 Å². The molecule has 1 aromatic rings. The maximum atomic E-state index is 10.1. The molecule has 0 aromatic heterocycles. The number of benzene rings is 1. The average molecular weight is 295 g/mol. The zero-order valence-electron chi connectivity index (χ0n) is 12.9. The summed E-state index contributed by atoms with van der Waals surface area (Å²) >= 11 is 0. The first-order valence-electron chi connectivity index (χ1n) is 6.89. The molecule has 6 heteroatoms. The van der Waals surface area contributed by atoms with Crippen molar-refractivity contribution in [2.24, 2.45) is 10.9 Å². The smallest absolute Gasteiger partial charge is 0.170 e. The van der Waals surface area contributed by atoms with Crippen molar-refractivity contribution >= 4 is 5.84 Å². The van der Waals surface area contributed by atoms with Gasteiger partial charge in [-0.2, -0.15) is 0 Å². The van der Waals surface area contributed by atoms with Gasteiger partial charge in [-0.3, -0.25) is 0 Å². The number of oxime groups is 1. The molecule has 0 aliphatic carbocycles. The molecule has 0 radical (unpaired) electrons. The SMILES string of the molecule is COCCC(C)(O)CNCc1ccc(/C(N)=N/O)cc1C. The van der Waals surface area contributed by atoms with E-state index in [0.29, 0.717) is 31.7 Å². The highest BCUT2D eigenvalue weighted by atomic mass is 16.5. The van der Waals surface area contributed by atoms with Crippen LogP contribution in [0.1, 0.15) is 30.0 Å². The summed E-state index contributed by atoms with van der Waals surface area (Å²) in [5, 5.41) is 25.0. The third kappa shape index (κ3) is 5.71. The van der Waals surface area contributed by atoms with Gasteiger partial charge in [-0.05, 0) is 31.0 Å². The van der Waals surface area contributed by atoms with Crippen LogP contribution in [0.2, 0.25) is 0 Å². The molecular weight excluding hydrogens is 270 g/mol. The predicted molar refractivity (Wildman–Crippen MR) is 82.5 cm³/mol. The number of rotatable bonds is 8. The summed E-state index contributed by atoms with van der Waals surface area (Å²) in [5.74, 6) is 0.0973. The minimum Gasteiger partial charge on any atom is -0.409 e. The first-order chi connectivity index (χ1) is 9.89. The molecule has 1 rings (SSSR count). The van der Waals surface area contributed by atoms with Crippen LogP contribution < -0.4 is 11.1 Å². The fourth-order valence-corrected chi connectivity index (χ4v) is 1.99. The van der Waals surface area contributed by atoms with Gasteiger partial charge >= 0.3 is 0 Å². The Balaban J connectivity index is 2.56. The maximum absolute atomic E-state index is 10.1. The molecule has 1 unspecified atom stereocenters. The fourth-order valence-electron chi connectivity index (χ4n) is 1.99. The van der Waals surface area contributed by atoms with Gasteiger partial charge in [-0.25, -0.2) is 0 Å². The lowest BCUT2D eigenvalue weighted by molar-refractivity contribution is 0.0247. The van der Waals surface area contributed by atoms with Crippen molar-refractivity contribution in [2.45, 2.75) is 32.4 Å². The van der Waals surface area contributed by atoms with E-state index in [4.69, 9.17) is 15.7 Å². The summed E-state index contributed by atoms with van der Waals surface area (Å²) in [4.78, 5) is 0. The standard InChI is InChI=1S/C15H25N3O3/c1-11-8-12(14(16)18-20)4-5-13(11)9-17-10-15(2,19)6-7-21-3/h4-5,8,17,19-20H,6-7,9-10H2,1-3H3,(H2,16,18). The van der Waals surface area contributed by atoms with Crippen LogP contribution in [0.4, 0.5) is 0 Å². The Hall–Kier alpha value is -1.63. The number of nitrogens with zero attached hydrogens (tertiary/aromatic N) is 1. The molecular formula is C15H25N3O3. The van der Waals surface area contributed by atoms with Crippen molar-refractivity contribution in [1.82, 2.24) is 5.32 Å². The first-order valence-corrected chi connectivity index (χ1v) is 6.89. The van der Waals surface area contributed by atoms with Crippen LogP contribution in [-0.2, 0) is 11.3 Å². The van der Waals surface area contributed by atoms with Crippen molar-refractivity contribution < 1.29 is 15.1 Å². The molecule has 0 aliphatic heterocycles. The van der Waals surface area contributed by atoms with Crippen LogP contribution in [-0.4, -0.2) is 42.0 Å². The van der Waals surface area contributed by atoms with E-state index >= 15 is 0 Å². The van der Waals surface area contributed by atoms with Crippen molar-refractivity contribution in [3.8, 4) is 0 Å². The molecule has 21 heavy (non-hydrogen) atoms. The minimum absolute atomic E-state index is 0.0973. The summed E-state index contributed by atoms with van der Waals surface area (Å²) in [7, 11) is 1.62. The maximum Gasteiger partial charge on any atom is 0.170 e. The van der Waals surface area contributed by atoms with Crippen molar-refractivity contribution in [3.05, 3.63) is 34.9 Å². The molecule has 5 N–H and O–H groups in total. The molecule has 0 aliphatic rings. The molecule has 0 heterocycles. The van der Waals surface area contributed by atoms with E-state index in [1.807, 2.05) is 25.1 Å². The Labute approximate surface area is 125 Å². The quantitative estimate of drug-likeness (QED) is 0.248. The van der Waals surface area contributed by atoms with Crippen LogP contribution in [0.5, 0.6) is 0 Å². The van der Waals surface area contributed by atoms with Crippen LogP contribution >= 0.6 is 0 Å². The van der Waals surface area contributed by atoms with E-state index in [-0.39, 0.29) is 5.84 Å². The number of amidine groups is 1. The molecule has 0 amide bonds. The lowest BCUT2D eigenvalue weighted by atomic mass is 10.0. The number of methoxy groups -OCH3 is 1. The van der Waals surface area contributed by atoms with E-state index in [9.17, 15) is 5.11 Å². The van der Waals surface area contributed by atoms with Gasteiger partial charge in [0.2, 0.25) is 0 Å². The van der Waals surface area contributed by atoms with Crippen LogP contribution in [0.3, 0.4) is 0 Å². The molecule has 6 nitrogen and oxygen atoms in total. The van der Waals surface area contributed by atoms with Crippen molar-refractivity contribution in [2.75, 3.05) is 20.3 Å². The Morgan fingerprint density at radius 1 is 1.48 bits per heavy atom. The Bertz CT molecular complexity index is 487. The number of nitrogens with one attached hydrogen (secondary N) is 1. The van der Waals surface area contributed by atoms with Gasteiger partial charge in [-0.15, -0.1) is 0 Å². The minimum atomic E-state index is -0.794. The molecule has 0 saturated carbocycles. The predicted octanol–water partition coefficient (Wildman–Crippen LogP) is 0.967. The van der Waals surface area contributed by atoms with Gasteiger partial charge in [0.1, 0.15) is 0 Å². The second-order valence-corrected chi connectivity index (χ2v) is 5.47.